The Balaban J connectivity index is 2.22. The first-order chi connectivity index (χ1) is 8.94. The molecule has 1 aromatic heterocycles. The van der Waals surface area contributed by atoms with Crippen molar-refractivity contribution in [2.75, 3.05) is 23.7 Å². The summed E-state index contributed by atoms with van der Waals surface area (Å²) in [6.07, 6.45) is 4.59. The number of aliphatic hydroxyl groups is 1. The fourth-order valence-corrected chi connectivity index (χ4v) is 2.86. The van der Waals surface area contributed by atoms with Crippen LogP contribution in [0.1, 0.15) is 45.2 Å². The Hall–Kier alpha value is -1.23. The molecule has 3 N–H and O–H groups in total. The molecule has 1 aliphatic heterocycles. The lowest BCUT2D eigenvalue weighted by atomic mass is 9.98. The molecular weight excluding hydrogens is 240 g/mol. The Morgan fingerprint density at radius 2 is 2.11 bits per heavy atom. The van der Waals surface area contributed by atoms with Crippen molar-refractivity contribution < 1.29 is 5.11 Å². The third kappa shape index (κ3) is 3.03. The van der Waals surface area contributed by atoms with Crippen LogP contribution in [0.25, 0.3) is 0 Å². The summed E-state index contributed by atoms with van der Waals surface area (Å²) in [7, 11) is 1.95. The molecule has 2 rings (SSSR count). The average Bonchev–Trinajstić information content (AvgIpc) is 2.50. The number of nitrogens with two attached hydrogens (primary N) is 1. The molecule has 1 atom stereocenters. The maximum absolute atomic E-state index is 10.2. The highest BCUT2D eigenvalue weighted by Crippen LogP contribution is 2.31. The molecule has 0 radical (unpaired) electrons. The lowest BCUT2D eigenvalue weighted by molar-refractivity contribution is 0.0481. The van der Waals surface area contributed by atoms with E-state index in [1.54, 1.807) is 0 Å². The molecule has 0 bridgehead atoms. The van der Waals surface area contributed by atoms with Crippen molar-refractivity contribution >= 4 is 11.5 Å². The average molecular weight is 266 g/mol. The lowest BCUT2D eigenvalue weighted by Crippen LogP contribution is -2.30. The van der Waals surface area contributed by atoms with Gasteiger partial charge in [0.25, 0.3) is 0 Å². The topological polar surface area (TPSA) is 67.3 Å². The number of hydrogen-bond acceptors (Lipinski definition) is 4. The van der Waals surface area contributed by atoms with E-state index in [1.807, 2.05) is 18.7 Å². The summed E-state index contributed by atoms with van der Waals surface area (Å²) in [5.41, 5.74) is 7.51. The summed E-state index contributed by atoms with van der Waals surface area (Å²) in [5.74, 6) is 1.01. The largest absolute Gasteiger partial charge is 0.394 e. The number of rotatable bonds is 3. The van der Waals surface area contributed by atoms with Gasteiger partial charge >= 0.3 is 0 Å². The molecule has 108 valence electrons. The molecule has 1 unspecified atom stereocenters. The Kier molecular flexibility index (Phi) is 4.04. The Morgan fingerprint density at radius 1 is 1.37 bits per heavy atom. The zero-order valence-electron chi connectivity index (χ0n) is 12.3. The normalized spacial score (nSPS) is 24.5. The number of nitrogens with zero attached hydrogens (tertiary/aromatic N) is 3. The smallest absolute Gasteiger partial charge is 0.150 e. The van der Waals surface area contributed by atoms with Gasteiger partial charge in [-0.15, -0.1) is 0 Å². The zero-order valence-corrected chi connectivity index (χ0v) is 12.3. The minimum absolute atomic E-state index is 0.547. The molecule has 19 heavy (non-hydrogen) atoms. The van der Waals surface area contributed by atoms with Gasteiger partial charge in [-0.1, -0.05) is 13.3 Å². The van der Waals surface area contributed by atoms with Crippen molar-refractivity contribution in [2.45, 2.75) is 51.6 Å². The standard InChI is InChI=1S/C14H26N4O/c1-4-6-11-12(15)13(17(3)16-11)18-9-5-7-14(2,19)8-10-18/h19H,4-10,15H2,1-3H3. The maximum atomic E-state index is 10.2. The number of anilines is 2. The lowest BCUT2D eigenvalue weighted by Gasteiger charge is -2.24. The molecule has 5 heteroatoms. The van der Waals surface area contributed by atoms with Crippen LogP contribution >= 0.6 is 0 Å². The van der Waals surface area contributed by atoms with E-state index in [4.69, 9.17) is 5.73 Å². The van der Waals surface area contributed by atoms with E-state index in [2.05, 4.69) is 16.9 Å². The summed E-state index contributed by atoms with van der Waals surface area (Å²) >= 11 is 0. The van der Waals surface area contributed by atoms with Crippen molar-refractivity contribution in [1.82, 2.24) is 9.78 Å². The first-order valence-electron chi connectivity index (χ1n) is 7.23. The van der Waals surface area contributed by atoms with E-state index in [0.717, 1.165) is 62.4 Å². The zero-order chi connectivity index (χ0) is 14.0. The van der Waals surface area contributed by atoms with E-state index in [0.29, 0.717) is 0 Å². The molecule has 0 aromatic carbocycles. The molecule has 0 amide bonds. The molecule has 1 fully saturated rings. The van der Waals surface area contributed by atoms with Gasteiger partial charge in [0.05, 0.1) is 17.0 Å². The van der Waals surface area contributed by atoms with Crippen LogP contribution in [0.2, 0.25) is 0 Å². The Morgan fingerprint density at radius 3 is 2.79 bits per heavy atom. The van der Waals surface area contributed by atoms with Crippen LogP contribution in [0.3, 0.4) is 0 Å². The minimum atomic E-state index is -0.547. The number of aromatic nitrogens is 2. The van der Waals surface area contributed by atoms with Crippen molar-refractivity contribution in [1.29, 1.82) is 0 Å². The van der Waals surface area contributed by atoms with Gasteiger partial charge in [-0.25, -0.2) is 0 Å². The molecule has 0 spiro atoms. The van der Waals surface area contributed by atoms with Crippen LogP contribution in [0.15, 0.2) is 0 Å². The van der Waals surface area contributed by atoms with E-state index in [9.17, 15) is 5.11 Å². The number of hydrogen-bond donors (Lipinski definition) is 2. The maximum Gasteiger partial charge on any atom is 0.150 e. The highest BCUT2D eigenvalue weighted by molar-refractivity contribution is 5.66. The molecule has 0 saturated carbocycles. The van der Waals surface area contributed by atoms with Gasteiger partial charge in [-0.3, -0.25) is 4.68 Å². The molecule has 1 aromatic rings. The Bertz CT molecular complexity index is 439. The summed E-state index contributed by atoms with van der Waals surface area (Å²) < 4.78 is 1.89. The second kappa shape index (κ2) is 5.41. The number of nitrogen functional groups attached to an aromatic ring is 1. The van der Waals surface area contributed by atoms with Crippen LogP contribution in [0.5, 0.6) is 0 Å². The van der Waals surface area contributed by atoms with Crippen molar-refractivity contribution in [2.24, 2.45) is 7.05 Å². The highest BCUT2D eigenvalue weighted by atomic mass is 16.3. The van der Waals surface area contributed by atoms with Crippen LogP contribution in [-0.4, -0.2) is 33.6 Å². The quantitative estimate of drug-likeness (QED) is 0.874. The summed E-state index contributed by atoms with van der Waals surface area (Å²) in [6, 6.07) is 0. The Labute approximate surface area is 115 Å². The molecule has 2 heterocycles. The molecular formula is C14H26N4O. The van der Waals surface area contributed by atoms with Crippen LogP contribution in [-0.2, 0) is 13.5 Å². The van der Waals surface area contributed by atoms with Gasteiger partial charge in [0, 0.05) is 20.1 Å². The van der Waals surface area contributed by atoms with Gasteiger partial charge in [-0.2, -0.15) is 5.10 Å². The first kappa shape index (κ1) is 14.2. The number of aryl methyl sites for hydroxylation is 2. The van der Waals surface area contributed by atoms with Crippen LogP contribution in [0, 0.1) is 0 Å². The molecule has 5 nitrogen and oxygen atoms in total. The van der Waals surface area contributed by atoms with Gasteiger partial charge in [-0.05, 0) is 32.6 Å². The molecule has 1 aliphatic rings. The first-order valence-corrected chi connectivity index (χ1v) is 7.23. The summed E-state index contributed by atoms with van der Waals surface area (Å²) in [4.78, 5) is 2.27. The summed E-state index contributed by atoms with van der Waals surface area (Å²) in [5, 5.41) is 14.7. The predicted octanol–water partition coefficient (Wildman–Crippen LogP) is 1.70. The second-order valence-electron chi connectivity index (χ2n) is 5.90. The molecule has 0 aliphatic carbocycles. The third-order valence-electron chi connectivity index (χ3n) is 3.98. The van der Waals surface area contributed by atoms with Crippen molar-refractivity contribution in [3.05, 3.63) is 5.69 Å². The van der Waals surface area contributed by atoms with Gasteiger partial charge in [0.2, 0.25) is 0 Å². The van der Waals surface area contributed by atoms with Crippen LogP contribution < -0.4 is 10.6 Å². The van der Waals surface area contributed by atoms with Gasteiger partial charge in [0.15, 0.2) is 0 Å². The van der Waals surface area contributed by atoms with Crippen molar-refractivity contribution in [3.8, 4) is 0 Å². The monoisotopic (exact) mass is 266 g/mol. The van der Waals surface area contributed by atoms with Gasteiger partial charge in [0.1, 0.15) is 5.82 Å². The second-order valence-corrected chi connectivity index (χ2v) is 5.90. The minimum Gasteiger partial charge on any atom is -0.394 e. The van der Waals surface area contributed by atoms with Crippen molar-refractivity contribution in [3.63, 3.8) is 0 Å². The third-order valence-corrected chi connectivity index (χ3v) is 3.98. The predicted molar refractivity (Wildman–Crippen MR) is 78.3 cm³/mol. The summed E-state index contributed by atoms with van der Waals surface area (Å²) in [6.45, 7) is 5.83. The fourth-order valence-electron chi connectivity index (χ4n) is 2.86. The van der Waals surface area contributed by atoms with E-state index >= 15 is 0 Å². The van der Waals surface area contributed by atoms with E-state index in [1.165, 1.54) is 0 Å². The fraction of sp³-hybridized carbons (Fsp3) is 0.786. The van der Waals surface area contributed by atoms with E-state index in [-0.39, 0.29) is 0 Å². The van der Waals surface area contributed by atoms with Crippen LogP contribution in [0.4, 0.5) is 11.5 Å². The van der Waals surface area contributed by atoms with Gasteiger partial charge < -0.3 is 15.7 Å². The SMILES string of the molecule is CCCc1nn(C)c(N2CCCC(C)(O)CC2)c1N. The highest BCUT2D eigenvalue weighted by Gasteiger charge is 2.27. The molecule has 1 saturated heterocycles. The van der Waals surface area contributed by atoms with E-state index < -0.39 is 5.60 Å².